The van der Waals surface area contributed by atoms with Crippen LogP contribution in [0.5, 0.6) is 0 Å². The van der Waals surface area contributed by atoms with Crippen LogP contribution in [0.1, 0.15) is 16.1 Å². The van der Waals surface area contributed by atoms with E-state index >= 15 is 0 Å². The molecule has 20 heavy (non-hydrogen) atoms. The van der Waals surface area contributed by atoms with E-state index in [0.29, 0.717) is 12.3 Å². The highest BCUT2D eigenvalue weighted by Gasteiger charge is 2.18. The molecule has 6 nitrogen and oxygen atoms in total. The van der Waals surface area contributed by atoms with Crippen LogP contribution >= 0.6 is 11.6 Å². The number of nitrogens with zero attached hydrogens (tertiary/aromatic N) is 2. The van der Waals surface area contributed by atoms with Crippen LogP contribution in [-0.2, 0) is 6.54 Å². The van der Waals surface area contributed by atoms with Gasteiger partial charge in [0.25, 0.3) is 11.6 Å². The molecule has 0 radical (unpaired) electrons. The maximum absolute atomic E-state index is 12.2. The number of nitro benzene ring substituents is 1. The van der Waals surface area contributed by atoms with Crippen molar-refractivity contribution in [2.45, 2.75) is 6.54 Å². The number of carbonyl (C=O) groups excluding carboxylic acids is 1. The molecule has 0 N–H and O–H groups in total. The van der Waals surface area contributed by atoms with E-state index in [2.05, 4.69) is 0 Å². The lowest BCUT2D eigenvalue weighted by atomic mass is 10.2. The Bertz CT molecular complexity index is 640. The van der Waals surface area contributed by atoms with Crippen LogP contribution in [0.25, 0.3) is 0 Å². The zero-order valence-electron chi connectivity index (χ0n) is 10.6. The molecular formula is C13H11ClN2O4. The minimum Gasteiger partial charge on any atom is -0.467 e. The van der Waals surface area contributed by atoms with Gasteiger partial charge in [-0.15, -0.1) is 0 Å². The minimum absolute atomic E-state index is 0.0627. The molecule has 0 fully saturated rings. The highest BCUT2D eigenvalue weighted by atomic mass is 35.5. The number of nitro groups is 1. The quantitative estimate of drug-likeness (QED) is 0.641. The Morgan fingerprint density at radius 2 is 2.20 bits per heavy atom. The fourth-order valence-corrected chi connectivity index (χ4v) is 1.97. The molecule has 2 rings (SSSR count). The van der Waals surface area contributed by atoms with E-state index in [-0.39, 0.29) is 22.2 Å². The Morgan fingerprint density at radius 3 is 2.75 bits per heavy atom. The summed E-state index contributed by atoms with van der Waals surface area (Å²) < 4.78 is 5.16. The average molecular weight is 295 g/mol. The number of hydrogen-bond acceptors (Lipinski definition) is 4. The monoisotopic (exact) mass is 294 g/mol. The van der Waals surface area contributed by atoms with Crippen molar-refractivity contribution in [3.8, 4) is 0 Å². The lowest BCUT2D eigenvalue weighted by Crippen LogP contribution is -2.26. The third-order valence-electron chi connectivity index (χ3n) is 2.71. The first-order valence-electron chi connectivity index (χ1n) is 5.71. The van der Waals surface area contributed by atoms with Gasteiger partial charge in [-0.2, -0.15) is 0 Å². The topological polar surface area (TPSA) is 76.6 Å². The molecule has 0 aliphatic carbocycles. The molecule has 104 valence electrons. The number of benzene rings is 1. The molecule has 0 atom stereocenters. The van der Waals surface area contributed by atoms with Crippen molar-refractivity contribution in [1.29, 1.82) is 0 Å². The van der Waals surface area contributed by atoms with Crippen molar-refractivity contribution >= 4 is 23.2 Å². The van der Waals surface area contributed by atoms with Crippen LogP contribution in [0, 0.1) is 10.1 Å². The van der Waals surface area contributed by atoms with Gasteiger partial charge in [0.2, 0.25) is 0 Å². The lowest BCUT2D eigenvalue weighted by molar-refractivity contribution is -0.384. The van der Waals surface area contributed by atoms with E-state index < -0.39 is 4.92 Å². The summed E-state index contributed by atoms with van der Waals surface area (Å²) in [7, 11) is 1.61. The molecule has 1 amide bonds. The second-order valence-electron chi connectivity index (χ2n) is 4.16. The molecule has 1 heterocycles. The van der Waals surface area contributed by atoms with Gasteiger partial charge in [0.05, 0.1) is 17.7 Å². The maximum atomic E-state index is 12.2. The number of carbonyl (C=O) groups is 1. The summed E-state index contributed by atoms with van der Waals surface area (Å²) in [4.78, 5) is 23.7. The maximum Gasteiger partial charge on any atom is 0.287 e. The van der Waals surface area contributed by atoms with Crippen molar-refractivity contribution in [2.75, 3.05) is 7.05 Å². The normalized spacial score (nSPS) is 10.3. The first-order chi connectivity index (χ1) is 9.49. The van der Waals surface area contributed by atoms with E-state index in [0.717, 1.165) is 0 Å². The zero-order valence-corrected chi connectivity index (χ0v) is 11.3. The van der Waals surface area contributed by atoms with Crippen LogP contribution in [0.4, 0.5) is 5.69 Å². The molecule has 0 saturated carbocycles. The van der Waals surface area contributed by atoms with Gasteiger partial charge in [0.15, 0.2) is 0 Å². The SMILES string of the molecule is CN(Cc1ccco1)C(=O)c1ccc([N+](=O)[O-])c(Cl)c1. The molecule has 0 aliphatic heterocycles. The minimum atomic E-state index is -0.594. The lowest BCUT2D eigenvalue weighted by Gasteiger charge is -2.15. The number of furan rings is 1. The van der Waals surface area contributed by atoms with E-state index in [1.54, 1.807) is 19.2 Å². The Labute approximate surface area is 119 Å². The van der Waals surface area contributed by atoms with Gasteiger partial charge < -0.3 is 9.32 Å². The van der Waals surface area contributed by atoms with E-state index in [1.807, 2.05) is 0 Å². The Morgan fingerprint density at radius 1 is 1.45 bits per heavy atom. The molecule has 0 unspecified atom stereocenters. The fourth-order valence-electron chi connectivity index (χ4n) is 1.72. The summed E-state index contributed by atoms with van der Waals surface area (Å²) in [6.07, 6.45) is 1.52. The molecule has 0 bridgehead atoms. The fraction of sp³-hybridized carbons (Fsp3) is 0.154. The van der Waals surface area contributed by atoms with Crippen LogP contribution in [0.15, 0.2) is 41.0 Å². The van der Waals surface area contributed by atoms with Crippen LogP contribution in [0.2, 0.25) is 5.02 Å². The number of amides is 1. The Kier molecular flexibility index (Phi) is 4.05. The molecule has 2 aromatic rings. The van der Waals surface area contributed by atoms with Gasteiger partial charge >= 0.3 is 0 Å². The second-order valence-corrected chi connectivity index (χ2v) is 4.57. The molecule has 1 aromatic heterocycles. The van der Waals surface area contributed by atoms with Gasteiger partial charge in [-0.3, -0.25) is 14.9 Å². The highest BCUT2D eigenvalue weighted by Crippen LogP contribution is 2.25. The molecule has 7 heteroatoms. The van der Waals surface area contributed by atoms with Crippen LogP contribution in [-0.4, -0.2) is 22.8 Å². The standard InChI is InChI=1S/C13H11ClN2O4/c1-15(8-10-3-2-6-20-10)13(17)9-4-5-12(16(18)19)11(14)7-9/h2-7H,8H2,1H3. The number of halogens is 1. The molecule has 0 aliphatic rings. The molecule has 1 aromatic carbocycles. The van der Waals surface area contributed by atoms with Gasteiger partial charge in [-0.25, -0.2) is 0 Å². The molecular weight excluding hydrogens is 284 g/mol. The van der Waals surface area contributed by atoms with E-state index in [9.17, 15) is 14.9 Å². The Hall–Kier alpha value is -2.34. The molecule has 0 saturated heterocycles. The van der Waals surface area contributed by atoms with E-state index in [4.69, 9.17) is 16.0 Å². The number of hydrogen-bond donors (Lipinski definition) is 0. The summed E-state index contributed by atoms with van der Waals surface area (Å²) in [5.41, 5.74) is 0.0616. The van der Waals surface area contributed by atoms with Crippen molar-refractivity contribution in [3.05, 3.63) is 63.1 Å². The first kappa shape index (κ1) is 14.1. The Balaban J connectivity index is 2.16. The van der Waals surface area contributed by atoms with Crippen molar-refractivity contribution in [3.63, 3.8) is 0 Å². The van der Waals surface area contributed by atoms with Gasteiger partial charge in [0.1, 0.15) is 10.8 Å². The summed E-state index contributed by atoms with van der Waals surface area (Å²) in [5.74, 6) is 0.354. The average Bonchev–Trinajstić information content (AvgIpc) is 2.90. The van der Waals surface area contributed by atoms with Crippen molar-refractivity contribution in [2.24, 2.45) is 0 Å². The number of rotatable bonds is 4. The van der Waals surface area contributed by atoms with Crippen LogP contribution < -0.4 is 0 Å². The smallest absolute Gasteiger partial charge is 0.287 e. The summed E-state index contributed by atoms with van der Waals surface area (Å²) >= 11 is 5.78. The van der Waals surface area contributed by atoms with Gasteiger partial charge in [0, 0.05) is 18.7 Å². The van der Waals surface area contributed by atoms with Crippen molar-refractivity contribution in [1.82, 2.24) is 4.90 Å². The summed E-state index contributed by atoms with van der Waals surface area (Å²) in [6.45, 7) is 0.306. The predicted molar refractivity (Wildman–Crippen MR) is 72.6 cm³/mol. The summed E-state index contributed by atoms with van der Waals surface area (Å²) in [6, 6.07) is 7.38. The predicted octanol–water partition coefficient (Wildman–Crippen LogP) is 3.11. The third kappa shape index (κ3) is 2.97. The van der Waals surface area contributed by atoms with Crippen LogP contribution in [0.3, 0.4) is 0 Å². The third-order valence-corrected chi connectivity index (χ3v) is 3.01. The largest absolute Gasteiger partial charge is 0.467 e. The summed E-state index contributed by atoms with van der Waals surface area (Å²) in [5, 5.41) is 10.6. The van der Waals surface area contributed by atoms with E-state index in [1.165, 1.54) is 29.4 Å². The van der Waals surface area contributed by atoms with Gasteiger partial charge in [-0.05, 0) is 24.3 Å². The highest BCUT2D eigenvalue weighted by molar-refractivity contribution is 6.33. The van der Waals surface area contributed by atoms with Gasteiger partial charge in [-0.1, -0.05) is 11.6 Å². The molecule has 0 spiro atoms. The zero-order chi connectivity index (χ0) is 14.7. The first-order valence-corrected chi connectivity index (χ1v) is 6.08. The van der Waals surface area contributed by atoms with Crippen molar-refractivity contribution < 1.29 is 14.1 Å². The second kappa shape index (κ2) is 5.75.